The zero-order chi connectivity index (χ0) is 20.0. The minimum atomic E-state index is -0.388. The molecular formula is C22H20N4O3. The highest BCUT2D eigenvalue weighted by molar-refractivity contribution is 6.00. The van der Waals surface area contributed by atoms with Gasteiger partial charge < -0.3 is 9.80 Å². The van der Waals surface area contributed by atoms with Crippen LogP contribution in [0.2, 0.25) is 0 Å². The fourth-order valence-electron chi connectivity index (χ4n) is 4.22. The number of para-hydroxylation sites is 1. The van der Waals surface area contributed by atoms with E-state index in [0.29, 0.717) is 30.7 Å². The monoisotopic (exact) mass is 388 g/mol. The number of amides is 2. The van der Waals surface area contributed by atoms with Crippen molar-refractivity contribution in [2.45, 2.75) is 19.4 Å². The van der Waals surface area contributed by atoms with Crippen LogP contribution < -0.4 is 10.5 Å². The van der Waals surface area contributed by atoms with Gasteiger partial charge in [-0.1, -0.05) is 24.3 Å². The van der Waals surface area contributed by atoms with E-state index in [-0.39, 0.29) is 36.3 Å². The third-order valence-electron chi connectivity index (χ3n) is 5.73. The lowest BCUT2D eigenvalue weighted by atomic mass is 10.0. The molecule has 0 N–H and O–H groups in total. The molecule has 1 saturated heterocycles. The van der Waals surface area contributed by atoms with Crippen molar-refractivity contribution >= 4 is 23.1 Å². The van der Waals surface area contributed by atoms with Gasteiger partial charge in [0.1, 0.15) is 5.65 Å². The van der Waals surface area contributed by atoms with E-state index in [1.807, 2.05) is 42.5 Å². The molecule has 2 aliphatic heterocycles. The first-order chi connectivity index (χ1) is 14.1. The maximum absolute atomic E-state index is 13.1. The van der Waals surface area contributed by atoms with Crippen LogP contribution in [-0.2, 0) is 22.6 Å². The number of benzene rings is 1. The molecule has 0 saturated carbocycles. The minimum Gasteiger partial charge on any atom is -0.337 e. The average Bonchev–Trinajstić information content (AvgIpc) is 3.15. The molecule has 1 fully saturated rings. The van der Waals surface area contributed by atoms with Crippen LogP contribution in [0.25, 0.3) is 5.65 Å². The molecule has 2 amide bonds. The molecule has 3 aromatic rings. The van der Waals surface area contributed by atoms with Crippen molar-refractivity contribution in [1.82, 2.24) is 14.3 Å². The summed E-state index contributed by atoms with van der Waals surface area (Å²) in [5.41, 5.74) is 2.63. The van der Waals surface area contributed by atoms with E-state index in [0.717, 1.165) is 11.4 Å². The van der Waals surface area contributed by atoms with Gasteiger partial charge in [-0.25, -0.2) is 4.98 Å². The van der Waals surface area contributed by atoms with Gasteiger partial charge in [-0.2, -0.15) is 0 Å². The number of hydrogen-bond donors (Lipinski definition) is 0. The van der Waals surface area contributed by atoms with E-state index >= 15 is 0 Å². The van der Waals surface area contributed by atoms with Gasteiger partial charge in [0.2, 0.25) is 11.8 Å². The van der Waals surface area contributed by atoms with Gasteiger partial charge in [0.05, 0.1) is 23.7 Å². The largest absolute Gasteiger partial charge is 0.337 e. The normalized spacial score (nSPS) is 18.9. The van der Waals surface area contributed by atoms with Crippen molar-refractivity contribution in [2.24, 2.45) is 5.92 Å². The maximum atomic E-state index is 13.1. The van der Waals surface area contributed by atoms with Crippen LogP contribution in [0, 0.1) is 5.92 Å². The molecule has 5 rings (SSSR count). The number of rotatable bonds is 2. The summed E-state index contributed by atoms with van der Waals surface area (Å²) in [6, 6.07) is 14.8. The first kappa shape index (κ1) is 17.6. The summed E-state index contributed by atoms with van der Waals surface area (Å²) in [6.45, 7) is 1.13. The Morgan fingerprint density at radius 3 is 2.66 bits per heavy atom. The summed E-state index contributed by atoms with van der Waals surface area (Å²) in [7, 11) is 0. The van der Waals surface area contributed by atoms with Crippen LogP contribution in [0.3, 0.4) is 0 Å². The van der Waals surface area contributed by atoms with Crippen molar-refractivity contribution in [3.63, 3.8) is 0 Å². The number of anilines is 1. The SMILES string of the molecule is O=C([C@@H]1CC(=O)N(c2ccccc2)C1)N1CCc2nc3ccccn3c(=O)c2C1. The maximum Gasteiger partial charge on any atom is 0.263 e. The predicted octanol–water partition coefficient (Wildman–Crippen LogP) is 1.63. The number of hydrogen-bond acceptors (Lipinski definition) is 4. The molecule has 0 spiro atoms. The quantitative estimate of drug-likeness (QED) is 0.669. The number of nitrogens with zero attached hydrogens (tertiary/aromatic N) is 4. The van der Waals surface area contributed by atoms with Gasteiger partial charge >= 0.3 is 0 Å². The van der Waals surface area contributed by atoms with E-state index in [1.165, 1.54) is 4.40 Å². The Bertz CT molecular complexity index is 1170. The molecule has 0 bridgehead atoms. The summed E-state index contributed by atoms with van der Waals surface area (Å²) in [6.07, 6.45) is 2.44. The fourth-order valence-corrected chi connectivity index (χ4v) is 4.22. The van der Waals surface area contributed by atoms with Gasteiger partial charge in [0.15, 0.2) is 0 Å². The van der Waals surface area contributed by atoms with Crippen molar-refractivity contribution in [3.8, 4) is 0 Å². The Hall–Kier alpha value is -3.48. The zero-order valence-corrected chi connectivity index (χ0v) is 15.8. The van der Waals surface area contributed by atoms with E-state index < -0.39 is 0 Å². The molecule has 7 heteroatoms. The smallest absolute Gasteiger partial charge is 0.263 e. The van der Waals surface area contributed by atoms with Gasteiger partial charge in [-0.15, -0.1) is 0 Å². The molecule has 29 heavy (non-hydrogen) atoms. The lowest BCUT2D eigenvalue weighted by Gasteiger charge is -2.30. The molecule has 146 valence electrons. The van der Waals surface area contributed by atoms with Crippen LogP contribution >= 0.6 is 0 Å². The predicted molar refractivity (Wildman–Crippen MR) is 107 cm³/mol. The Labute approximate surface area is 167 Å². The van der Waals surface area contributed by atoms with Crippen LogP contribution in [0.1, 0.15) is 17.7 Å². The second-order valence-electron chi connectivity index (χ2n) is 7.52. The number of pyridine rings is 1. The van der Waals surface area contributed by atoms with Crippen LogP contribution in [0.4, 0.5) is 5.69 Å². The summed E-state index contributed by atoms with van der Waals surface area (Å²) >= 11 is 0. The average molecular weight is 388 g/mol. The van der Waals surface area contributed by atoms with E-state index in [1.54, 1.807) is 22.1 Å². The summed E-state index contributed by atoms with van der Waals surface area (Å²) < 4.78 is 1.52. The Morgan fingerprint density at radius 1 is 1.03 bits per heavy atom. The highest BCUT2D eigenvalue weighted by Gasteiger charge is 2.38. The van der Waals surface area contributed by atoms with Gasteiger partial charge in [-0.05, 0) is 24.3 Å². The molecule has 2 aliphatic rings. The second kappa shape index (κ2) is 6.84. The summed E-state index contributed by atoms with van der Waals surface area (Å²) in [5.74, 6) is -0.500. The molecule has 2 aromatic heterocycles. The van der Waals surface area contributed by atoms with Crippen molar-refractivity contribution in [1.29, 1.82) is 0 Å². The Morgan fingerprint density at radius 2 is 1.83 bits per heavy atom. The lowest BCUT2D eigenvalue weighted by Crippen LogP contribution is -2.43. The van der Waals surface area contributed by atoms with Crippen molar-refractivity contribution < 1.29 is 9.59 Å². The van der Waals surface area contributed by atoms with Gasteiger partial charge in [0.25, 0.3) is 5.56 Å². The van der Waals surface area contributed by atoms with Gasteiger partial charge in [-0.3, -0.25) is 18.8 Å². The van der Waals surface area contributed by atoms with E-state index in [2.05, 4.69) is 4.98 Å². The zero-order valence-electron chi connectivity index (χ0n) is 15.8. The molecule has 0 aliphatic carbocycles. The number of carbonyl (C=O) groups excluding carboxylic acids is 2. The molecule has 0 radical (unpaired) electrons. The first-order valence-electron chi connectivity index (χ1n) is 9.75. The highest BCUT2D eigenvalue weighted by atomic mass is 16.2. The second-order valence-corrected chi connectivity index (χ2v) is 7.52. The summed E-state index contributed by atoms with van der Waals surface area (Å²) in [4.78, 5) is 46.4. The summed E-state index contributed by atoms with van der Waals surface area (Å²) in [5, 5.41) is 0. The number of carbonyl (C=O) groups is 2. The molecule has 1 atom stereocenters. The van der Waals surface area contributed by atoms with Crippen LogP contribution in [0.5, 0.6) is 0 Å². The molecule has 1 aromatic carbocycles. The topological polar surface area (TPSA) is 75.0 Å². The number of aromatic nitrogens is 2. The third-order valence-corrected chi connectivity index (χ3v) is 5.73. The van der Waals surface area contributed by atoms with E-state index in [4.69, 9.17) is 0 Å². The highest BCUT2D eigenvalue weighted by Crippen LogP contribution is 2.27. The molecule has 0 unspecified atom stereocenters. The standard InChI is InChI=1S/C22H20N4O3/c27-20-12-15(13-26(20)16-6-2-1-3-7-16)21(28)24-11-9-18-17(14-24)22(29)25-10-5-4-8-19(25)23-18/h1-8,10,15H,9,11-14H2/t15-/m1/s1. The first-order valence-corrected chi connectivity index (χ1v) is 9.75. The molecule has 4 heterocycles. The fraction of sp³-hybridized carbons (Fsp3) is 0.273. The Balaban J connectivity index is 1.38. The van der Waals surface area contributed by atoms with Gasteiger partial charge in [0, 0.05) is 37.8 Å². The van der Waals surface area contributed by atoms with E-state index in [9.17, 15) is 14.4 Å². The lowest BCUT2D eigenvalue weighted by molar-refractivity contribution is -0.136. The minimum absolute atomic E-state index is 0.0420. The molecule has 7 nitrogen and oxygen atoms in total. The van der Waals surface area contributed by atoms with Crippen LogP contribution in [0.15, 0.2) is 59.5 Å². The molecular weight excluding hydrogens is 368 g/mol. The van der Waals surface area contributed by atoms with Crippen molar-refractivity contribution in [2.75, 3.05) is 18.0 Å². The number of fused-ring (bicyclic) bond motifs is 2. The third kappa shape index (κ3) is 2.99. The van der Waals surface area contributed by atoms with Crippen LogP contribution in [-0.4, -0.2) is 39.2 Å². The Kier molecular flexibility index (Phi) is 4.16. The van der Waals surface area contributed by atoms with Crippen molar-refractivity contribution in [3.05, 3.63) is 76.3 Å².